The second kappa shape index (κ2) is 7.24. The van der Waals surface area contributed by atoms with Gasteiger partial charge in [0.05, 0.1) is 6.07 Å². The highest BCUT2D eigenvalue weighted by atomic mass is 16.4. The Labute approximate surface area is 91.5 Å². The fourth-order valence-electron chi connectivity index (χ4n) is 1.66. The van der Waals surface area contributed by atoms with Crippen LogP contribution in [0.1, 0.15) is 40.0 Å². The summed E-state index contributed by atoms with van der Waals surface area (Å²) in [5, 5.41) is 17.6. The highest BCUT2D eigenvalue weighted by molar-refractivity contribution is 5.73. The van der Waals surface area contributed by atoms with Gasteiger partial charge in [0.2, 0.25) is 0 Å². The van der Waals surface area contributed by atoms with Crippen molar-refractivity contribution >= 4 is 5.97 Å². The van der Waals surface area contributed by atoms with Crippen LogP contribution in [-0.4, -0.2) is 34.6 Å². The summed E-state index contributed by atoms with van der Waals surface area (Å²) in [4.78, 5) is 13.0. The maximum Gasteiger partial charge on any atom is 0.320 e. The van der Waals surface area contributed by atoms with E-state index >= 15 is 0 Å². The van der Waals surface area contributed by atoms with Gasteiger partial charge in [-0.2, -0.15) is 5.26 Å². The highest BCUT2D eigenvalue weighted by Crippen LogP contribution is 2.12. The Hall–Kier alpha value is -1.08. The second-order valence-corrected chi connectivity index (χ2v) is 3.88. The van der Waals surface area contributed by atoms with E-state index in [2.05, 4.69) is 6.07 Å². The molecule has 0 saturated heterocycles. The van der Waals surface area contributed by atoms with Gasteiger partial charge in [0, 0.05) is 19.0 Å². The van der Waals surface area contributed by atoms with Crippen molar-refractivity contribution in [3.8, 4) is 6.07 Å². The lowest BCUT2D eigenvalue weighted by molar-refractivity contribution is -0.144. The smallest absolute Gasteiger partial charge is 0.320 e. The fourth-order valence-corrected chi connectivity index (χ4v) is 1.66. The second-order valence-electron chi connectivity index (χ2n) is 3.88. The molecule has 4 nitrogen and oxygen atoms in total. The third-order valence-corrected chi connectivity index (χ3v) is 2.39. The Morgan fingerprint density at radius 1 is 1.53 bits per heavy atom. The predicted octanol–water partition coefficient (Wildman–Crippen LogP) is 1.86. The van der Waals surface area contributed by atoms with Crippen LogP contribution in [0.15, 0.2) is 0 Å². The minimum absolute atomic E-state index is 0.158. The molecule has 86 valence electrons. The van der Waals surface area contributed by atoms with Crippen molar-refractivity contribution in [2.75, 3.05) is 6.54 Å². The Bertz CT molecular complexity index is 233. The molecule has 0 aliphatic carbocycles. The first-order valence-corrected chi connectivity index (χ1v) is 5.40. The highest BCUT2D eigenvalue weighted by Gasteiger charge is 2.26. The summed E-state index contributed by atoms with van der Waals surface area (Å²) in [5.41, 5.74) is 0. The molecule has 0 amide bonds. The Morgan fingerprint density at radius 2 is 2.13 bits per heavy atom. The summed E-state index contributed by atoms with van der Waals surface area (Å²) in [6.07, 6.45) is 1.86. The molecule has 15 heavy (non-hydrogen) atoms. The molecule has 0 aromatic heterocycles. The van der Waals surface area contributed by atoms with Gasteiger partial charge in [-0.25, -0.2) is 0 Å². The molecule has 0 aliphatic heterocycles. The number of nitriles is 1. The average Bonchev–Trinajstić information content (AvgIpc) is 2.16. The molecule has 0 bridgehead atoms. The number of hydrogen-bond donors (Lipinski definition) is 1. The Morgan fingerprint density at radius 3 is 2.47 bits per heavy atom. The maximum absolute atomic E-state index is 11.1. The van der Waals surface area contributed by atoms with E-state index in [-0.39, 0.29) is 6.04 Å². The first-order valence-electron chi connectivity index (χ1n) is 5.40. The van der Waals surface area contributed by atoms with Gasteiger partial charge in [0.1, 0.15) is 6.04 Å². The third kappa shape index (κ3) is 4.80. The van der Waals surface area contributed by atoms with E-state index in [4.69, 9.17) is 10.4 Å². The molecule has 0 aromatic carbocycles. The van der Waals surface area contributed by atoms with Crippen molar-refractivity contribution in [3.05, 3.63) is 0 Å². The van der Waals surface area contributed by atoms with Crippen molar-refractivity contribution in [1.82, 2.24) is 4.90 Å². The summed E-state index contributed by atoms with van der Waals surface area (Å²) in [5.74, 6) is -0.788. The Kier molecular flexibility index (Phi) is 6.72. The lowest BCUT2D eigenvalue weighted by Gasteiger charge is -2.31. The minimum atomic E-state index is -0.788. The molecule has 0 fully saturated rings. The normalized spacial score (nSPS) is 12.8. The van der Waals surface area contributed by atoms with Crippen molar-refractivity contribution in [1.29, 1.82) is 5.26 Å². The predicted molar refractivity (Wildman–Crippen MR) is 58.4 cm³/mol. The number of aliphatic carboxylic acids is 1. The summed E-state index contributed by atoms with van der Waals surface area (Å²) >= 11 is 0. The summed E-state index contributed by atoms with van der Waals surface area (Å²) in [7, 11) is 0. The molecule has 0 rings (SSSR count). The zero-order chi connectivity index (χ0) is 11.8. The van der Waals surface area contributed by atoms with E-state index in [9.17, 15) is 4.79 Å². The number of hydrogen-bond acceptors (Lipinski definition) is 3. The van der Waals surface area contributed by atoms with Crippen LogP contribution in [0.5, 0.6) is 0 Å². The van der Waals surface area contributed by atoms with E-state index in [1.165, 1.54) is 0 Å². The Balaban J connectivity index is 4.53. The summed E-state index contributed by atoms with van der Waals surface area (Å²) in [6.45, 7) is 6.43. The van der Waals surface area contributed by atoms with Gasteiger partial charge >= 0.3 is 5.97 Å². The van der Waals surface area contributed by atoms with Crippen LogP contribution < -0.4 is 0 Å². The number of carboxylic acid groups (broad SMARTS) is 1. The lowest BCUT2D eigenvalue weighted by Crippen LogP contribution is -2.45. The van der Waals surface area contributed by atoms with Gasteiger partial charge < -0.3 is 5.11 Å². The molecule has 0 saturated carbocycles. The van der Waals surface area contributed by atoms with Gasteiger partial charge in [-0.3, -0.25) is 9.69 Å². The third-order valence-electron chi connectivity index (χ3n) is 2.39. The molecular weight excluding hydrogens is 192 g/mol. The number of nitrogens with zero attached hydrogens (tertiary/aromatic N) is 2. The van der Waals surface area contributed by atoms with Crippen molar-refractivity contribution in [2.45, 2.75) is 52.1 Å². The number of rotatable bonds is 7. The van der Waals surface area contributed by atoms with Crippen LogP contribution >= 0.6 is 0 Å². The number of carboxylic acids is 1. The first-order chi connectivity index (χ1) is 7.04. The number of carbonyl (C=O) groups is 1. The SMILES string of the molecule is CCCC(C(=O)O)N(CCC#N)C(C)C. The molecule has 0 aromatic rings. The average molecular weight is 212 g/mol. The van der Waals surface area contributed by atoms with Crippen molar-refractivity contribution in [3.63, 3.8) is 0 Å². The van der Waals surface area contributed by atoms with E-state index in [1.54, 1.807) is 0 Å². The molecule has 0 spiro atoms. The lowest BCUT2D eigenvalue weighted by atomic mass is 10.1. The molecule has 0 aliphatic rings. The largest absolute Gasteiger partial charge is 0.480 e. The quantitative estimate of drug-likeness (QED) is 0.699. The molecule has 1 atom stereocenters. The van der Waals surface area contributed by atoms with Crippen LogP contribution in [0.25, 0.3) is 0 Å². The molecule has 4 heteroatoms. The van der Waals surface area contributed by atoms with Gasteiger partial charge in [-0.1, -0.05) is 13.3 Å². The van der Waals surface area contributed by atoms with Gasteiger partial charge in [0.25, 0.3) is 0 Å². The molecule has 1 unspecified atom stereocenters. The molecule has 1 N–H and O–H groups in total. The van der Waals surface area contributed by atoms with Gasteiger partial charge in [-0.05, 0) is 20.3 Å². The van der Waals surface area contributed by atoms with E-state index in [0.29, 0.717) is 19.4 Å². The molecule has 0 radical (unpaired) electrons. The van der Waals surface area contributed by atoms with Gasteiger partial charge in [0.15, 0.2) is 0 Å². The summed E-state index contributed by atoms with van der Waals surface area (Å²) < 4.78 is 0. The fraction of sp³-hybridized carbons (Fsp3) is 0.818. The minimum Gasteiger partial charge on any atom is -0.480 e. The van der Waals surface area contributed by atoms with Crippen LogP contribution in [-0.2, 0) is 4.79 Å². The molecule has 0 heterocycles. The van der Waals surface area contributed by atoms with E-state index in [0.717, 1.165) is 6.42 Å². The van der Waals surface area contributed by atoms with Crippen molar-refractivity contribution < 1.29 is 9.90 Å². The van der Waals surface area contributed by atoms with Crippen LogP contribution in [0.2, 0.25) is 0 Å². The monoisotopic (exact) mass is 212 g/mol. The maximum atomic E-state index is 11.1. The van der Waals surface area contributed by atoms with Crippen LogP contribution in [0.4, 0.5) is 0 Å². The van der Waals surface area contributed by atoms with Gasteiger partial charge in [-0.15, -0.1) is 0 Å². The van der Waals surface area contributed by atoms with Crippen LogP contribution in [0, 0.1) is 11.3 Å². The van der Waals surface area contributed by atoms with E-state index < -0.39 is 12.0 Å². The first kappa shape index (κ1) is 13.9. The standard InChI is InChI=1S/C11H20N2O2/c1-4-6-10(11(14)15)13(9(2)3)8-5-7-12/h9-10H,4-6,8H2,1-3H3,(H,14,15). The summed E-state index contributed by atoms with van der Waals surface area (Å²) in [6, 6.07) is 1.76. The zero-order valence-corrected chi connectivity index (χ0v) is 9.73. The zero-order valence-electron chi connectivity index (χ0n) is 9.73. The van der Waals surface area contributed by atoms with Crippen molar-refractivity contribution in [2.24, 2.45) is 0 Å². The van der Waals surface area contributed by atoms with E-state index in [1.807, 2.05) is 25.7 Å². The molecular formula is C11H20N2O2. The van der Waals surface area contributed by atoms with Crippen LogP contribution in [0.3, 0.4) is 0 Å². The topological polar surface area (TPSA) is 64.3 Å².